The molecule has 0 saturated heterocycles. The summed E-state index contributed by atoms with van der Waals surface area (Å²) < 4.78 is 17.6. The van der Waals surface area contributed by atoms with Gasteiger partial charge in [0.1, 0.15) is 35.7 Å². The van der Waals surface area contributed by atoms with E-state index in [9.17, 15) is 15.0 Å². The summed E-state index contributed by atoms with van der Waals surface area (Å²) in [5.74, 6) is 1.39. The van der Waals surface area contributed by atoms with Crippen molar-refractivity contribution in [2.24, 2.45) is 5.73 Å². The van der Waals surface area contributed by atoms with E-state index in [0.717, 1.165) is 30.4 Å². The zero-order valence-electron chi connectivity index (χ0n) is 21.2. The fraction of sp³-hybridized carbons (Fsp3) is 0.483. The van der Waals surface area contributed by atoms with Gasteiger partial charge in [-0.3, -0.25) is 4.79 Å². The van der Waals surface area contributed by atoms with E-state index in [4.69, 9.17) is 19.9 Å². The molecule has 2 aromatic carbocycles. The van der Waals surface area contributed by atoms with E-state index in [1.54, 1.807) is 36.4 Å². The number of unbranched alkanes of at least 4 members (excludes halogenated alkanes) is 7. The average Bonchev–Trinajstić information content (AvgIpc) is 2.88. The van der Waals surface area contributed by atoms with Gasteiger partial charge in [0.25, 0.3) is 0 Å². The van der Waals surface area contributed by atoms with Crippen molar-refractivity contribution in [2.75, 3.05) is 13.2 Å². The molecule has 7 nitrogen and oxygen atoms in total. The molecule has 0 radical (unpaired) electrons. The number of hydrogen-bond donors (Lipinski definition) is 3. The summed E-state index contributed by atoms with van der Waals surface area (Å²) in [6.45, 7) is 2.33. The van der Waals surface area contributed by atoms with E-state index < -0.39 is 12.2 Å². The van der Waals surface area contributed by atoms with Crippen molar-refractivity contribution in [2.45, 2.75) is 76.9 Å². The number of aliphatic hydroxyl groups is 1. The molecule has 2 aromatic rings. The van der Waals surface area contributed by atoms with E-state index >= 15 is 0 Å². The second kappa shape index (κ2) is 14.5. The molecule has 0 bridgehead atoms. The van der Waals surface area contributed by atoms with E-state index in [1.165, 1.54) is 32.1 Å². The van der Waals surface area contributed by atoms with Gasteiger partial charge in [-0.15, -0.1) is 0 Å². The van der Waals surface area contributed by atoms with Crippen LogP contribution in [0, 0.1) is 0 Å². The van der Waals surface area contributed by atoms with E-state index in [-0.39, 0.29) is 24.9 Å². The number of phenols is 1. The molecular formula is C29H39NO6. The maximum absolute atomic E-state index is 12.3. The van der Waals surface area contributed by atoms with Crippen LogP contribution in [0.4, 0.5) is 0 Å². The first kappa shape index (κ1) is 27.6. The van der Waals surface area contributed by atoms with Gasteiger partial charge >= 0.3 is 5.97 Å². The molecule has 1 aliphatic rings. The second-order valence-electron chi connectivity index (χ2n) is 9.24. The third-order valence-corrected chi connectivity index (χ3v) is 6.16. The summed E-state index contributed by atoms with van der Waals surface area (Å²) in [6.07, 6.45) is 10.2. The summed E-state index contributed by atoms with van der Waals surface area (Å²) in [5, 5.41) is 19.5. The lowest BCUT2D eigenvalue weighted by Gasteiger charge is -2.28. The van der Waals surface area contributed by atoms with Gasteiger partial charge < -0.3 is 30.2 Å². The summed E-state index contributed by atoms with van der Waals surface area (Å²) in [6, 6.07) is 11.9. The number of aromatic hydroxyl groups is 1. The molecule has 0 amide bonds. The van der Waals surface area contributed by atoms with Crippen LogP contribution in [-0.2, 0) is 9.53 Å². The Morgan fingerprint density at radius 3 is 2.42 bits per heavy atom. The maximum Gasteiger partial charge on any atom is 0.311 e. The largest absolute Gasteiger partial charge is 0.508 e. The molecule has 1 aliphatic heterocycles. The van der Waals surface area contributed by atoms with E-state index in [1.807, 2.05) is 12.1 Å². The molecule has 36 heavy (non-hydrogen) atoms. The molecule has 0 aliphatic carbocycles. The Balaban J connectivity index is 1.60. The minimum Gasteiger partial charge on any atom is -0.508 e. The SMILES string of the molecule is CCCCCCCCCCC(=O)Oc1ccc2c(c1)O[C@H](c1ccc(O)cc1)C(OC[C@H](O)CN)=C2. The van der Waals surface area contributed by atoms with Crippen LogP contribution < -0.4 is 15.2 Å². The molecule has 196 valence electrons. The highest BCUT2D eigenvalue weighted by Crippen LogP contribution is 2.40. The number of rotatable bonds is 15. The molecule has 0 saturated carbocycles. The fourth-order valence-electron chi connectivity index (χ4n) is 4.06. The molecule has 2 atom stereocenters. The van der Waals surface area contributed by atoms with E-state index in [2.05, 4.69) is 6.92 Å². The number of ether oxygens (including phenoxy) is 3. The van der Waals surface area contributed by atoms with Crippen molar-refractivity contribution >= 4 is 12.0 Å². The van der Waals surface area contributed by atoms with Gasteiger partial charge in [0.05, 0.1) is 0 Å². The standard InChI is InChI=1S/C29H39NO6/c1-2-3-4-5-6-7-8-9-10-28(33)35-25-16-13-22-17-27(34-20-24(32)19-30)29(36-26(22)18-25)21-11-14-23(31)15-12-21/h11-18,24,29,31-32H,2-10,19-20,30H2,1H3/t24-,29-/m1/s1. The smallest absolute Gasteiger partial charge is 0.311 e. The Labute approximate surface area is 213 Å². The monoisotopic (exact) mass is 497 g/mol. The number of benzene rings is 2. The molecule has 7 heteroatoms. The van der Waals surface area contributed by atoms with Crippen LogP contribution in [0.3, 0.4) is 0 Å². The highest BCUT2D eigenvalue weighted by molar-refractivity contribution is 5.73. The highest BCUT2D eigenvalue weighted by atomic mass is 16.5. The predicted molar refractivity (Wildman–Crippen MR) is 140 cm³/mol. The lowest BCUT2D eigenvalue weighted by atomic mass is 10.0. The van der Waals surface area contributed by atoms with Gasteiger partial charge in [0.15, 0.2) is 6.10 Å². The summed E-state index contributed by atoms with van der Waals surface area (Å²) in [4.78, 5) is 12.3. The maximum atomic E-state index is 12.3. The lowest BCUT2D eigenvalue weighted by molar-refractivity contribution is -0.134. The first-order chi connectivity index (χ1) is 17.5. The van der Waals surface area contributed by atoms with Crippen molar-refractivity contribution in [3.63, 3.8) is 0 Å². The third kappa shape index (κ3) is 8.57. The van der Waals surface area contributed by atoms with Crippen molar-refractivity contribution in [3.05, 3.63) is 59.4 Å². The first-order valence-corrected chi connectivity index (χ1v) is 13.0. The zero-order chi connectivity index (χ0) is 25.8. The Morgan fingerprint density at radius 1 is 1.03 bits per heavy atom. The fourth-order valence-corrected chi connectivity index (χ4v) is 4.06. The summed E-state index contributed by atoms with van der Waals surface area (Å²) in [5.41, 5.74) is 7.04. The van der Waals surface area contributed by atoms with Gasteiger partial charge in [0, 0.05) is 30.2 Å². The zero-order valence-corrected chi connectivity index (χ0v) is 21.2. The molecule has 0 unspecified atom stereocenters. The predicted octanol–water partition coefficient (Wildman–Crippen LogP) is 5.64. The molecular weight excluding hydrogens is 458 g/mol. The Bertz CT molecular complexity index is 988. The number of phenolic OH excluding ortho intramolecular Hbond substituents is 1. The van der Waals surface area contributed by atoms with Gasteiger partial charge in [-0.25, -0.2) is 0 Å². The first-order valence-electron chi connectivity index (χ1n) is 13.0. The van der Waals surface area contributed by atoms with E-state index in [0.29, 0.717) is 23.7 Å². The quantitative estimate of drug-likeness (QED) is 0.166. The lowest BCUT2D eigenvalue weighted by Crippen LogP contribution is -2.27. The van der Waals surface area contributed by atoms with Crippen molar-refractivity contribution in [3.8, 4) is 17.2 Å². The molecule has 0 spiro atoms. The van der Waals surface area contributed by atoms with Crippen LogP contribution in [0.2, 0.25) is 0 Å². The molecule has 0 aromatic heterocycles. The number of esters is 1. The van der Waals surface area contributed by atoms with Gasteiger partial charge in [-0.2, -0.15) is 0 Å². The van der Waals surface area contributed by atoms with Crippen molar-refractivity contribution in [1.82, 2.24) is 0 Å². The Kier molecular flexibility index (Phi) is 11.1. The van der Waals surface area contributed by atoms with Gasteiger partial charge in [-0.1, -0.05) is 64.0 Å². The van der Waals surface area contributed by atoms with Crippen LogP contribution in [-0.4, -0.2) is 35.4 Å². The minimum atomic E-state index is -0.796. The highest BCUT2D eigenvalue weighted by Gasteiger charge is 2.27. The van der Waals surface area contributed by atoms with Crippen LogP contribution in [0.15, 0.2) is 48.2 Å². The molecule has 4 N–H and O–H groups in total. The number of aliphatic hydroxyl groups excluding tert-OH is 1. The second-order valence-corrected chi connectivity index (χ2v) is 9.24. The van der Waals surface area contributed by atoms with Crippen LogP contribution in [0.1, 0.15) is 81.9 Å². The molecule has 0 fully saturated rings. The Hall–Kier alpha value is -3.03. The van der Waals surface area contributed by atoms with Crippen molar-refractivity contribution in [1.29, 1.82) is 0 Å². The van der Waals surface area contributed by atoms with Gasteiger partial charge in [-0.05, 0) is 36.8 Å². The number of carbonyl (C=O) groups excluding carboxylic acids is 1. The molecule has 1 heterocycles. The summed E-state index contributed by atoms with van der Waals surface area (Å²) in [7, 11) is 0. The van der Waals surface area contributed by atoms with Crippen molar-refractivity contribution < 1.29 is 29.2 Å². The van der Waals surface area contributed by atoms with Crippen LogP contribution >= 0.6 is 0 Å². The summed E-state index contributed by atoms with van der Waals surface area (Å²) >= 11 is 0. The van der Waals surface area contributed by atoms with Gasteiger partial charge in [0.2, 0.25) is 0 Å². The Morgan fingerprint density at radius 2 is 1.72 bits per heavy atom. The number of carbonyl (C=O) groups is 1. The third-order valence-electron chi connectivity index (χ3n) is 6.16. The number of hydrogen-bond acceptors (Lipinski definition) is 7. The van der Waals surface area contributed by atoms with Crippen LogP contribution in [0.25, 0.3) is 6.08 Å². The van der Waals surface area contributed by atoms with Crippen LogP contribution in [0.5, 0.6) is 17.2 Å². The molecule has 3 rings (SSSR count). The number of fused-ring (bicyclic) bond motifs is 1. The normalized spacial score (nSPS) is 15.4. The topological polar surface area (TPSA) is 111 Å². The average molecular weight is 498 g/mol. The number of nitrogens with two attached hydrogens (primary N) is 1. The minimum absolute atomic E-state index is 0.0318.